The normalized spacial score (nSPS) is 11.5. The van der Waals surface area contributed by atoms with Crippen molar-refractivity contribution < 1.29 is 18.0 Å². The number of H-pyrrole nitrogens is 1. The van der Waals surface area contributed by atoms with Crippen LogP contribution >= 0.6 is 0 Å². The molecule has 6 rings (SSSR count). The van der Waals surface area contributed by atoms with E-state index in [0.29, 0.717) is 16.6 Å². The summed E-state index contributed by atoms with van der Waals surface area (Å²) in [5, 5.41) is 7.47. The van der Waals surface area contributed by atoms with E-state index in [1.165, 1.54) is 12.1 Å². The number of rotatable bonds is 7. The molecule has 0 bridgehead atoms. The lowest BCUT2D eigenvalue weighted by Crippen LogP contribution is -2.23. The number of pyridine rings is 1. The number of hydrogen-bond donors (Lipinski definition) is 3. The van der Waals surface area contributed by atoms with Gasteiger partial charge in [-0.05, 0) is 52.4 Å². The van der Waals surface area contributed by atoms with Gasteiger partial charge in [-0.15, -0.1) is 0 Å². The standard InChI is InChI=1S/C32H25N5O4S/c1-42(40,41)25-13-11-20(12-14-25)18-34-30(38)26-15-24(21-7-3-2-4-8-21)17-27-29(26)36-32(35-27)37-31(39)28-16-22-9-5-6-10-23(22)19-33-28/h2-17,19H,18H2,1H3,(H,34,38)(H2,35,36,37,39). The highest BCUT2D eigenvalue weighted by Crippen LogP contribution is 2.28. The third kappa shape index (κ3) is 5.61. The monoisotopic (exact) mass is 575 g/mol. The minimum Gasteiger partial charge on any atom is -0.348 e. The van der Waals surface area contributed by atoms with E-state index in [9.17, 15) is 18.0 Å². The van der Waals surface area contributed by atoms with Gasteiger partial charge in [0, 0.05) is 24.4 Å². The lowest BCUT2D eigenvalue weighted by molar-refractivity contribution is 0.0951. The first-order chi connectivity index (χ1) is 20.2. The minimum atomic E-state index is -3.32. The number of imidazole rings is 1. The maximum Gasteiger partial charge on any atom is 0.276 e. The van der Waals surface area contributed by atoms with Crippen LogP contribution in [0.5, 0.6) is 0 Å². The van der Waals surface area contributed by atoms with Gasteiger partial charge in [-0.25, -0.2) is 13.4 Å². The molecular formula is C32H25N5O4S. The summed E-state index contributed by atoms with van der Waals surface area (Å²) in [6, 6.07) is 28.9. The van der Waals surface area contributed by atoms with E-state index in [-0.39, 0.29) is 29.0 Å². The number of carbonyl (C=O) groups is 2. The average Bonchev–Trinajstić information content (AvgIpc) is 3.41. The smallest absolute Gasteiger partial charge is 0.276 e. The molecule has 10 heteroatoms. The molecule has 208 valence electrons. The highest BCUT2D eigenvalue weighted by Gasteiger charge is 2.18. The van der Waals surface area contributed by atoms with E-state index in [0.717, 1.165) is 33.7 Å². The largest absolute Gasteiger partial charge is 0.348 e. The number of sulfone groups is 1. The molecule has 0 radical (unpaired) electrons. The molecular weight excluding hydrogens is 550 g/mol. The summed E-state index contributed by atoms with van der Waals surface area (Å²) in [6.07, 6.45) is 2.79. The van der Waals surface area contributed by atoms with E-state index < -0.39 is 15.7 Å². The van der Waals surface area contributed by atoms with Crippen molar-refractivity contribution in [3.63, 3.8) is 0 Å². The van der Waals surface area contributed by atoms with E-state index in [4.69, 9.17) is 0 Å². The number of carbonyl (C=O) groups excluding carboxylic acids is 2. The van der Waals surface area contributed by atoms with Gasteiger partial charge in [0.1, 0.15) is 11.2 Å². The third-order valence-electron chi connectivity index (χ3n) is 6.84. The van der Waals surface area contributed by atoms with E-state index in [1.807, 2.05) is 60.7 Å². The zero-order valence-corrected chi connectivity index (χ0v) is 23.3. The Morgan fingerprint density at radius 2 is 1.52 bits per heavy atom. The number of fused-ring (bicyclic) bond motifs is 2. The van der Waals surface area contributed by atoms with Gasteiger partial charge in [0.25, 0.3) is 11.8 Å². The van der Waals surface area contributed by atoms with Crippen molar-refractivity contribution in [1.29, 1.82) is 0 Å². The molecule has 4 aromatic carbocycles. The van der Waals surface area contributed by atoms with Crippen molar-refractivity contribution in [2.75, 3.05) is 11.6 Å². The van der Waals surface area contributed by atoms with Crippen molar-refractivity contribution in [3.8, 4) is 11.1 Å². The molecule has 9 nitrogen and oxygen atoms in total. The zero-order chi connectivity index (χ0) is 29.3. The average molecular weight is 576 g/mol. The molecule has 6 aromatic rings. The lowest BCUT2D eigenvalue weighted by Gasteiger charge is -2.09. The van der Waals surface area contributed by atoms with E-state index in [1.54, 1.807) is 30.5 Å². The Kier molecular flexibility index (Phi) is 6.97. The number of aromatic amines is 1. The van der Waals surface area contributed by atoms with Crippen LogP contribution in [0.25, 0.3) is 32.9 Å². The molecule has 42 heavy (non-hydrogen) atoms. The van der Waals surface area contributed by atoms with Gasteiger partial charge in [-0.1, -0.05) is 66.7 Å². The topological polar surface area (TPSA) is 134 Å². The van der Waals surface area contributed by atoms with Crippen LogP contribution in [-0.2, 0) is 16.4 Å². The Morgan fingerprint density at radius 1 is 0.810 bits per heavy atom. The molecule has 3 N–H and O–H groups in total. The lowest BCUT2D eigenvalue weighted by atomic mass is 10.0. The minimum absolute atomic E-state index is 0.181. The van der Waals surface area contributed by atoms with Gasteiger partial charge >= 0.3 is 0 Å². The number of benzene rings is 4. The highest BCUT2D eigenvalue weighted by molar-refractivity contribution is 7.90. The van der Waals surface area contributed by atoms with Crippen molar-refractivity contribution in [2.45, 2.75) is 11.4 Å². The number of nitrogens with zero attached hydrogens (tertiary/aromatic N) is 2. The van der Waals surface area contributed by atoms with Crippen LogP contribution < -0.4 is 10.6 Å². The number of hydrogen-bond acceptors (Lipinski definition) is 6. The summed E-state index contributed by atoms with van der Waals surface area (Å²) >= 11 is 0. The predicted molar refractivity (Wildman–Crippen MR) is 162 cm³/mol. The van der Waals surface area contributed by atoms with Gasteiger partial charge in [0.15, 0.2) is 9.84 Å². The first-order valence-electron chi connectivity index (χ1n) is 13.1. The molecule has 0 unspecified atom stereocenters. The van der Waals surface area contributed by atoms with Crippen molar-refractivity contribution in [1.82, 2.24) is 20.3 Å². The molecule has 0 saturated heterocycles. The van der Waals surface area contributed by atoms with Crippen LogP contribution in [0.3, 0.4) is 0 Å². The molecule has 0 aliphatic rings. The van der Waals surface area contributed by atoms with E-state index in [2.05, 4.69) is 25.6 Å². The molecule has 2 heterocycles. The molecule has 2 amide bonds. The van der Waals surface area contributed by atoms with Gasteiger partial charge in [0.2, 0.25) is 5.95 Å². The maximum absolute atomic E-state index is 13.5. The number of nitrogens with one attached hydrogen (secondary N) is 3. The number of amides is 2. The fourth-order valence-electron chi connectivity index (χ4n) is 4.66. The Morgan fingerprint density at radius 3 is 2.26 bits per heavy atom. The van der Waals surface area contributed by atoms with Gasteiger partial charge in [0.05, 0.1) is 16.0 Å². The van der Waals surface area contributed by atoms with Crippen molar-refractivity contribution in [2.24, 2.45) is 0 Å². The molecule has 0 aliphatic heterocycles. The zero-order valence-electron chi connectivity index (χ0n) is 22.5. The third-order valence-corrected chi connectivity index (χ3v) is 7.97. The van der Waals surface area contributed by atoms with Crippen LogP contribution in [0.4, 0.5) is 5.95 Å². The SMILES string of the molecule is CS(=O)(=O)c1ccc(CNC(=O)c2cc(-c3ccccc3)cc3[nH]c(NC(=O)c4cc5ccccc5cn4)nc23)cc1. The Labute approximate surface area is 241 Å². The first kappa shape index (κ1) is 26.9. The summed E-state index contributed by atoms with van der Waals surface area (Å²) < 4.78 is 23.5. The number of aromatic nitrogens is 3. The van der Waals surface area contributed by atoms with Crippen LogP contribution in [0.1, 0.15) is 26.4 Å². The Bertz CT molecular complexity index is 2070. The van der Waals surface area contributed by atoms with Crippen LogP contribution in [0.2, 0.25) is 0 Å². The van der Waals surface area contributed by atoms with Gasteiger partial charge < -0.3 is 10.3 Å². The molecule has 0 saturated carbocycles. The molecule has 0 aliphatic carbocycles. The molecule has 0 fully saturated rings. The van der Waals surface area contributed by atoms with Crippen molar-refractivity contribution in [3.05, 3.63) is 120 Å². The maximum atomic E-state index is 13.5. The quantitative estimate of drug-likeness (QED) is 0.235. The molecule has 2 aromatic heterocycles. The molecule has 0 atom stereocenters. The van der Waals surface area contributed by atoms with Crippen LogP contribution in [0, 0.1) is 0 Å². The first-order valence-corrected chi connectivity index (χ1v) is 15.0. The van der Waals surface area contributed by atoms with Gasteiger partial charge in [-0.3, -0.25) is 19.9 Å². The summed E-state index contributed by atoms with van der Waals surface area (Å²) in [5.41, 5.74) is 3.96. The van der Waals surface area contributed by atoms with Crippen LogP contribution in [0.15, 0.2) is 108 Å². The fraction of sp³-hybridized carbons (Fsp3) is 0.0625. The summed E-state index contributed by atoms with van der Waals surface area (Å²) in [4.78, 5) is 38.7. The Balaban J connectivity index is 1.30. The Hall–Kier alpha value is -5.35. The van der Waals surface area contributed by atoms with E-state index >= 15 is 0 Å². The van der Waals surface area contributed by atoms with Crippen LogP contribution in [-0.4, -0.2) is 41.4 Å². The fourth-order valence-corrected chi connectivity index (χ4v) is 5.29. The second kappa shape index (κ2) is 10.9. The summed E-state index contributed by atoms with van der Waals surface area (Å²) in [5.74, 6) is -0.627. The highest BCUT2D eigenvalue weighted by atomic mass is 32.2. The number of anilines is 1. The second-order valence-corrected chi connectivity index (χ2v) is 11.9. The predicted octanol–water partition coefficient (Wildman–Crippen LogP) is 5.36. The summed E-state index contributed by atoms with van der Waals surface area (Å²) in [6.45, 7) is 0.182. The van der Waals surface area contributed by atoms with Crippen molar-refractivity contribution >= 4 is 49.4 Å². The summed E-state index contributed by atoms with van der Waals surface area (Å²) in [7, 11) is -3.32. The second-order valence-electron chi connectivity index (χ2n) is 9.84. The van der Waals surface area contributed by atoms with Gasteiger partial charge in [-0.2, -0.15) is 0 Å². The molecule has 0 spiro atoms.